The minimum absolute atomic E-state index is 0.0842. The van der Waals surface area contributed by atoms with Gasteiger partial charge in [-0.15, -0.1) is 0 Å². The standard InChI is InChI=1S/C19H19N3O5/c1-27-16-7-2-13(3-8-16)4-9-18(25)20-12-19(26)22-21-11-14-5-6-15(23)10-17(14)24/h2-11,23-24H,12H2,1H3,(H,20,25)(H,22,26)/b9-4-,21-11-. The maximum Gasteiger partial charge on any atom is 0.259 e. The van der Waals surface area contributed by atoms with E-state index in [2.05, 4.69) is 15.8 Å². The van der Waals surface area contributed by atoms with E-state index in [-0.39, 0.29) is 18.0 Å². The molecule has 2 amide bonds. The average Bonchev–Trinajstić information content (AvgIpc) is 2.67. The fourth-order valence-corrected chi connectivity index (χ4v) is 1.97. The lowest BCUT2D eigenvalue weighted by Crippen LogP contribution is -2.34. The van der Waals surface area contributed by atoms with Crippen molar-refractivity contribution in [2.45, 2.75) is 0 Å². The van der Waals surface area contributed by atoms with Crippen molar-refractivity contribution in [2.75, 3.05) is 13.7 Å². The highest BCUT2D eigenvalue weighted by Crippen LogP contribution is 2.20. The van der Waals surface area contributed by atoms with Crippen molar-refractivity contribution in [1.29, 1.82) is 0 Å². The van der Waals surface area contributed by atoms with Crippen LogP contribution in [-0.2, 0) is 9.59 Å². The van der Waals surface area contributed by atoms with Crippen molar-refractivity contribution < 1.29 is 24.5 Å². The smallest absolute Gasteiger partial charge is 0.259 e. The fourth-order valence-electron chi connectivity index (χ4n) is 1.97. The third kappa shape index (κ3) is 6.54. The van der Waals surface area contributed by atoms with Gasteiger partial charge < -0.3 is 20.3 Å². The number of nitrogens with zero attached hydrogens (tertiary/aromatic N) is 1. The summed E-state index contributed by atoms with van der Waals surface area (Å²) in [5.74, 6) is -0.504. The summed E-state index contributed by atoms with van der Waals surface area (Å²) in [6, 6.07) is 11.1. The van der Waals surface area contributed by atoms with Gasteiger partial charge in [-0.2, -0.15) is 5.10 Å². The summed E-state index contributed by atoms with van der Waals surface area (Å²) in [4.78, 5) is 23.4. The molecule has 2 aromatic rings. The number of aromatic hydroxyl groups is 2. The maximum atomic E-state index is 11.7. The predicted molar refractivity (Wildman–Crippen MR) is 101 cm³/mol. The SMILES string of the molecule is COc1ccc(/C=C\C(=O)NCC(=O)N/N=C\c2ccc(O)cc2O)cc1. The van der Waals surface area contributed by atoms with E-state index in [1.807, 2.05) is 0 Å². The number of hydrogen-bond acceptors (Lipinski definition) is 6. The Hall–Kier alpha value is -3.81. The average molecular weight is 369 g/mol. The summed E-state index contributed by atoms with van der Waals surface area (Å²) < 4.78 is 5.05. The van der Waals surface area contributed by atoms with Gasteiger partial charge in [-0.25, -0.2) is 5.43 Å². The van der Waals surface area contributed by atoms with Crippen molar-refractivity contribution in [3.8, 4) is 17.2 Å². The number of hydrogen-bond donors (Lipinski definition) is 4. The van der Waals surface area contributed by atoms with Gasteiger partial charge in [-0.05, 0) is 35.9 Å². The van der Waals surface area contributed by atoms with Crippen LogP contribution >= 0.6 is 0 Å². The van der Waals surface area contributed by atoms with Crippen LogP contribution in [0.15, 0.2) is 53.6 Å². The Bertz CT molecular complexity index is 860. The number of hydrazone groups is 1. The van der Waals surface area contributed by atoms with Gasteiger partial charge in [0.2, 0.25) is 5.91 Å². The van der Waals surface area contributed by atoms with Crippen LogP contribution in [0.3, 0.4) is 0 Å². The molecule has 0 aliphatic rings. The van der Waals surface area contributed by atoms with Crippen LogP contribution in [-0.4, -0.2) is 41.9 Å². The van der Waals surface area contributed by atoms with Crippen LogP contribution in [0.1, 0.15) is 11.1 Å². The number of phenolic OH excluding ortho intramolecular Hbond substituents is 2. The van der Waals surface area contributed by atoms with Crippen molar-refractivity contribution in [3.05, 3.63) is 59.7 Å². The Kier molecular flexibility index (Phi) is 6.95. The van der Waals surface area contributed by atoms with Crippen molar-refractivity contribution in [1.82, 2.24) is 10.7 Å². The molecule has 0 saturated heterocycles. The van der Waals surface area contributed by atoms with Crippen LogP contribution in [0.2, 0.25) is 0 Å². The summed E-state index contributed by atoms with van der Waals surface area (Å²) in [5.41, 5.74) is 3.35. The summed E-state index contributed by atoms with van der Waals surface area (Å²) in [7, 11) is 1.57. The first-order valence-electron chi connectivity index (χ1n) is 7.92. The Labute approximate surface area is 155 Å². The lowest BCUT2D eigenvalue weighted by molar-refractivity contribution is -0.123. The number of carbonyl (C=O) groups excluding carboxylic acids is 2. The van der Waals surface area contributed by atoms with E-state index >= 15 is 0 Å². The van der Waals surface area contributed by atoms with Crippen LogP contribution in [0, 0.1) is 0 Å². The number of benzene rings is 2. The van der Waals surface area contributed by atoms with E-state index in [1.165, 1.54) is 24.4 Å². The summed E-state index contributed by atoms with van der Waals surface area (Å²) in [6.07, 6.45) is 4.14. The molecule has 27 heavy (non-hydrogen) atoms. The zero-order chi connectivity index (χ0) is 19.6. The normalized spacial score (nSPS) is 10.9. The zero-order valence-electron chi connectivity index (χ0n) is 14.5. The van der Waals surface area contributed by atoms with E-state index in [0.29, 0.717) is 5.56 Å². The minimum Gasteiger partial charge on any atom is -0.508 e. The number of phenols is 2. The molecule has 8 nitrogen and oxygen atoms in total. The first kappa shape index (κ1) is 19.5. The molecule has 0 aliphatic carbocycles. The van der Waals surface area contributed by atoms with Gasteiger partial charge in [0.05, 0.1) is 19.9 Å². The number of nitrogens with one attached hydrogen (secondary N) is 2. The van der Waals surface area contributed by atoms with Crippen LogP contribution in [0.4, 0.5) is 0 Å². The quantitative estimate of drug-likeness (QED) is 0.334. The molecule has 0 bridgehead atoms. The summed E-state index contributed by atoms with van der Waals surface area (Å²) in [6.45, 7) is -0.259. The van der Waals surface area contributed by atoms with Crippen LogP contribution < -0.4 is 15.5 Å². The van der Waals surface area contributed by atoms with Gasteiger partial charge in [0.15, 0.2) is 0 Å². The van der Waals surface area contributed by atoms with Gasteiger partial charge in [-0.1, -0.05) is 12.1 Å². The highest BCUT2D eigenvalue weighted by Gasteiger charge is 2.03. The molecule has 0 saturated carbocycles. The second-order valence-corrected chi connectivity index (χ2v) is 5.36. The Morgan fingerprint density at radius 2 is 1.89 bits per heavy atom. The van der Waals surface area contributed by atoms with Crippen LogP contribution in [0.25, 0.3) is 6.08 Å². The molecule has 2 rings (SSSR count). The number of rotatable bonds is 7. The molecule has 0 fully saturated rings. The Morgan fingerprint density at radius 1 is 1.15 bits per heavy atom. The molecular formula is C19H19N3O5. The highest BCUT2D eigenvalue weighted by atomic mass is 16.5. The maximum absolute atomic E-state index is 11.7. The van der Waals surface area contributed by atoms with Gasteiger partial charge in [0.25, 0.3) is 5.91 Å². The molecule has 0 radical (unpaired) electrons. The van der Waals surface area contributed by atoms with E-state index in [4.69, 9.17) is 4.74 Å². The number of ether oxygens (including phenoxy) is 1. The third-order valence-electron chi connectivity index (χ3n) is 3.37. The van der Waals surface area contributed by atoms with Gasteiger partial charge >= 0.3 is 0 Å². The van der Waals surface area contributed by atoms with E-state index in [9.17, 15) is 19.8 Å². The fraction of sp³-hybridized carbons (Fsp3) is 0.105. The second-order valence-electron chi connectivity index (χ2n) is 5.36. The molecule has 0 aliphatic heterocycles. The van der Waals surface area contributed by atoms with Crippen molar-refractivity contribution >= 4 is 24.1 Å². The zero-order valence-corrected chi connectivity index (χ0v) is 14.5. The van der Waals surface area contributed by atoms with E-state index in [1.54, 1.807) is 37.5 Å². The molecule has 2 aromatic carbocycles. The number of methoxy groups -OCH3 is 1. The molecule has 8 heteroatoms. The lowest BCUT2D eigenvalue weighted by atomic mass is 10.2. The second kappa shape index (κ2) is 9.62. The monoisotopic (exact) mass is 369 g/mol. The minimum atomic E-state index is -0.532. The molecule has 4 N–H and O–H groups in total. The van der Waals surface area contributed by atoms with Gasteiger partial charge in [-0.3, -0.25) is 9.59 Å². The van der Waals surface area contributed by atoms with E-state index < -0.39 is 11.8 Å². The molecule has 0 spiro atoms. The van der Waals surface area contributed by atoms with Crippen molar-refractivity contribution in [3.63, 3.8) is 0 Å². The Morgan fingerprint density at radius 3 is 2.56 bits per heavy atom. The van der Waals surface area contributed by atoms with Gasteiger partial charge in [0.1, 0.15) is 17.2 Å². The molecule has 0 aromatic heterocycles. The van der Waals surface area contributed by atoms with Gasteiger partial charge in [0, 0.05) is 17.7 Å². The molecule has 0 heterocycles. The summed E-state index contributed by atoms with van der Waals surface area (Å²) in [5, 5.41) is 24.9. The van der Waals surface area contributed by atoms with E-state index in [0.717, 1.165) is 17.4 Å². The predicted octanol–water partition coefficient (Wildman–Crippen LogP) is 1.39. The largest absolute Gasteiger partial charge is 0.508 e. The molecule has 140 valence electrons. The van der Waals surface area contributed by atoms with Crippen molar-refractivity contribution in [2.24, 2.45) is 5.10 Å². The Balaban J connectivity index is 1.76. The molecular weight excluding hydrogens is 350 g/mol. The van der Waals surface area contributed by atoms with Crippen LogP contribution in [0.5, 0.6) is 17.2 Å². The third-order valence-corrected chi connectivity index (χ3v) is 3.37. The highest BCUT2D eigenvalue weighted by molar-refractivity contribution is 5.94. The molecule has 0 atom stereocenters. The topological polar surface area (TPSA) is 120 Å². The summed E-state index contributed by atoms with van der Waals surface area (Å²) >= 11 is 0. The first-order valence-corrected chi connectivity index (χ1v) is 7.92. The number of amides is 2. The lowest BCUT2D eigenvalue weighted by Gasteiger charge is -2.02. The molecule has 0 unspecified atom stereocenters. The first-order chi connectivity index (χ1) is 13.0. The number of carbonyl (C=O) groups is 2.